The Balaban J connectivity index is 0.000000141. The van der Waals surface area contributed by atoms with Gasteiger partial charge in [-0.05, 0) is 161 Å². The highest BCUT2D eigenvalue weighted by Crippen LogP contribution is 2.30. The summed E-state index contributed by atoms with van der Waals surface area (Å²) >= 11 is 10.0. The van der Waals surface area contributed by atoms with Crippen LogP contribution in [0.4, 0.5) is 17.2 Å². The lowest BCUT2D eigenvalue weighted by atomic mass is 9.89. The van der Waals surface area contributed by atoms with E-state index in [1.54, 1.807) is 12.4 Å². The molecular weight excluding hydrogens is 812 g/mol. The Bertz CT molecular complexity index is 1940. The first-order valence-corrected chi connectivity index (χ1v) is 18.8. The van der Waals surface area contributed by atoms with Crippen LogP contribution in [0.25, 0.3) is 11.3 Å². The van der Waals surface area contributed by atoms with Crippen LogP contribution in [0.1, 0.15) is 48.6 Å². The van der Waals surface area contributed by atoms with Crippen LogP contribution in [0.2, 0.25) is 0 Å². The molecule has 0 amide bonds. The molecule has 2 aliphatic heterocycles. The van der Waals surface area contributed by atoms with Crippen molar-refractivity contribution in [3.8, 4) is 0 Å². The van der Waals surface area contributed by atoms with Gasteiger partial charge in [0.1, 0.15) is 9.21 Å². The fraction of sp³-hybridized carbons (Fsp3) is 0.333. The number of nitrogen functional groups attached to an aromatic ring is 1. The maximum Gasteiger partial charge on any atom is 0.180 e. The van der Waals surface area contributed by atoms with Gasteiger partial charge in [-0.25, -0.2) is 19.9 Å². The van der Waals surface area contributed by atoms with Crippen molar-refractivity contribution in [2.75, 3.05) is 51.3 Å². The molecule has 6 aromatic rings. The second-order valence-corrected chi connectivity index (χ2v) is 15.0. The number of nitrogens with two attached hydrogens (primary N) is 1. The maximum absolute atomic E-state index is 5.67. The van der Waals surface area contributed by atoms with E-state index in [1.807, 2.05) is 45.7 Å². The first-order chi connectivity index (χ1) is 23.7. The third kappa shape index (κ3) is 9.46. The van der Waals surface area contributed by atoms with Crippen molar-refractivity contribution in [3.05, 3.63) is 111 Å². The molecule has 6 heterocycles. The van der Waals surface area contributed by atoms with E-state index >= 15 is 0 Å². The second-order valence-electron chi connectivity index (χ2n) is 12.7. The van der Waals surface area contributed by atoms with Crippen LogP contribution in [0.15, 0.2) is 99.5 Å². The predicted molar refractivity (Wildman–Crippen MR) is 209 cm³/mol. The quantitative estimate of drug-likeness (QED) is 0.171. The zero-order valence-corrected chi connectivity index (χ0v) is 32.4. The zero-order chi connectivity index (χ0) is 34.3. The Hall–Kier alpha value is -3.36. The normalized spacial score (nSPS) is 16.2. The number of hydrogen-bond donors (Lipinski definition) is 2. The third-order valence-electron chi connectivity index (χ3n) is 9.14. The lowest BCUT2D eigenvalue weighted by Gasteiger charge is -2.29. The molecule has 0 bridgehead atoms. The molecule has 0 aliphatic carbocycles. The number of halogens is 3. The van der Waals surface area contributed by atoms with Crippen LogP contribution >= 0.6 is 47.8 Å². The summed E-state index contributed by atoms with van der Waals surface area (Å²) < 4.78 is 6.15. The van der Waals surface area contributed by atoms with Crippen LogP contribution in [-0.2, 0) is 0 Å². The van der Waals surface area contributed by atoms with E-state index in [4.69, 9.17) is 5.73 Å². The average Bonchev–Trinajstić information content (AvgIpc) is 3.77. The molecular formula is C36H41Br3N10. The Kier molecular flexibility index (Phi) is 12.0. The number of benzene rings is 2. The number of fused-ring (bicyclic) bond motifs is 2. The maximum atomic E-state index is 5.67. The molecule has 4 aromatic heterocycles. The number of anilines is 3. The van der Waals surface area contributed by atoms with Crippen molar-refractivity contribution in [1.29, 1.82) is 0 Å². The zero-order valence-electron chi connectivity index (χ0n) is 27.7. The van der Waals surface area contributed by atoms with E-state index < -0.39 is 0 Å². The fourth-order valence-corrected chi connectivity index (χ4v) is 7.81. The highest BCUT2D eigenvalue weighted by Gasteiger charge is 2.19. The van der Waals surface area contributed by atoms with Gasteiger partial charge in [0.15, 0.2) is 21.7 Å². The largest absolute Gasteiger partial charge is 0.399 e. The second kappa shape index (κ2) is 16.6. The molecule has 13 heteroatoms. The minimum absolute atomic E-state index is 0.679. The highest BCUT2D eigenvalue weighted by molar-refractivity contribution is 9.11. The molecule has 3 N–H and O–H groups in total. The number of likely N-dealkylation sites (tertiary alicyclic amines) is 2. The van der Waals surface area contributed by atoms with Gasteiger partial charge in [-0.2, -0.15) is 0 Å². The number of hydrogen-bond acceptors (Lipinski definition) is 8. The molecule has 0 saturated carbocycles. The van der Waals surface area contributed by atoms with Crippen molar-refractivity contribution in [2.24, 2.45) is 0 Å². The molecule has 49 heavy (non-hydrogen) atoms. The topological polar surface area (TPSA) is 105 Å². The molecule has 2 fully saturated rings. The summed E-state index contributed by atoms with van der Waals surface area (Å²) in [5.41, 5.74) is 12.1. The molecule has 2 saturated heterocycles. The Morgan fingerprint density at radius 1 is 0.653 bits per heavy atom. The molecule has 0 radical (unpaired) electrons. The van der Waals surface area contributed by atoms with Gasteiger partial charge in [0.25, 0.3) is 0 Å². The van der Waals surface area contributed by atoms with Crippen molar-refractivity contribution in [1.82, 2.24) is 38.5 Å². The van der Waals surface area contributed by atoms with Gasteiger partial charge in [0, 0.05) is 48.6 Å². The van der Waals surface area contributed by atoms with E-state index in [9.17, 15) is 0 Å². The average molecular weight is 854 g/mol. The fourth-order valence-electron chi connectivity index (χ4n) is 6.28. The molecule has 2 aliphatic rings. The van der Waals surface area contributed by atoms with Crippen molar-refractivity contribution >= 4 is 76.3 Å². The number of rotatable bonds is 4. The van der Waals surface area contributed by atoms with Crippen LogP contribution < -0.4 is 11.1 Å². The van der Waals surface area contributed by atoms with Gasteiger partial charge in [-0.15, -0.1) is 0 Å². The summed E-state index contributed by atoms with van der Waals surface area (Å²) in [6.07, 6.45) is 16.1. The Morgan fingerprint density at radius 3 is 1.67 bits per heavy atom. The van der Waals surface area contributed by atoms with Crippen LogP contribution in [-0.4, -0.2) is 78.8 Å². The monoisotopic (exact) mass is 850 g/mol. The van der Waals surface area contributed by atoms with Crippen molar-refractivity contribution in [3.63, 3.8) is 0 Å². The smallest absolute Gasteiger partial charge is 0.180 e. The van der Waals surface area contributed by atoms with Crippen LogP contribution in [0.3, 0.4) is 0 Å². The molecule has 0 unspecified atom stereocenters. The van der Waals surface area contributed by atoms with Gasteiger partial charge in [0.2, 0.25) is 0 Å². The third-order valence-corrected chi connectivity index (χ3v) is 10.4. The SMILES string of the molecule is Brc1cn2ccnc2c(Br)n1.CN1CCC(c2ccc(N)cc2)CC1.CN1CCC(c2ccc(Nc3nc(Br)cn4ccnc34)cc2)CC1. The van der Waals surface area contributed by atoms with E-state index in [1.165, 1.54) is 63.0 Å². The van der Waals surface area contributed by atoms with Crippen LogP contribution in [0.5, 0.6) is 0 Å². The Labute approximate surface area is 312 Å². The molecule has 8 rings (SSSR count). The predicted octanol–water partition coefficient (Wildman–Crippen LogP) is 8.38. The van der Waals surface area contributed by atoms with Crippen molar-refractivity contribution in [2.45, 2.75) is 37.5 Å². The van der Waals surface area contributed by atoms with E-state index in [-0.39, 0.29) is 0 Å². The molecule has 10 nitrogen and oxygen atoms in total. The van der Waals surface area contributed by atoms with E-state index in [0.717, 1.165) is 48.2 Å². The molecule has 0 atom stereocenters. The summed E-state index contributed by atoms with van der Waals surface area (Å²) in [7, 11) is 4.39. The number of nitrogens with zero attached hydrogens (tertiary/aromatic N) is 8. The first-order valence-electron chi connectivity index (χ1n) is 16.5. The van der Waals surface area contributed by atoms with Gasteiger partial charge in [-0.3, -0.25) is 0 Å². The first kappa shape index (κ1) is 35.5. The van der Waals surface area contributed by atoms with E-state index in [0.29, 0.717) is 5.92 Å². The van der Waals surface area contributed by atoms with E-state index in [2.05, 4.69) is 133 Å². The molecule has 0 spiro atoms. The van der Waals surface area contributed by atoms with Crippen LogP contribution in [0, 0.1) is 0 Å². The van der Waals surface area contributed by atoms with Crippen molar-refractivity contribution < 1.29 is 0 Å². The number of aromatic nitrogens is 6. The summed E-state index contributed by atoms with van der Waals surface area (Å²) in [5.74, 6) is 2.17. The van der Waals surface area contributed by atoms with Gasteiger partial charge >= 0.3 is 0 Å². The minimum atomic E-state index is 0.679. The molecule has 2 aromatic carbocycles. The lowest BCUT2D eigenvalue weighted by molar-refractivity contribution is 0.255. The summed E-state index contributed by atoms with van der Waals surface area (Å²) in [6.45, 7) is 4.80. The summed E-state index contributed by atoms with van der Waals surface area (Å²) in [5, 5.41) is 3.38. The van der Waals surface area contributed by atoms with Gasteiger partial charge < -0.3 is 29.7 Å². The molecule has 256 valence electrons. The number of piperidine rings is 2. The summed E-state index contributed by atoms with van der Waals surface area (Å²) in [4.78, 5) is 21.9. The lowest BCUT2D eigenvalue weighted by Crippen LogP contribution is -2.29. The van der Waals surface area contributed by atoms with Gasteiger partial charge in [0.05, 0.1) is 0 Å². The standard InChI is InChI=1S/C18H20BrN5.C12H18N2.C6H3Br2N3/c1-23-9-6-14(7-10-23)13-2-4-15(5-3-13)21-17-18-20-8-11-24(18)12-16(19)22-17;1-14-8-6-11(7-9-14)10-2-4-12(13)5-3-10;7-4-3-11-2-1-9-6(11)5(8)10-4/h2-5,8,11-12,14H,6-7,9-10H2,1H3,(H,21,22);2-5,11H,6-9,13H2,1H3;1-3H. The Morgan fingerprint density at radius 2 is 1.12 bits per heavy atom. The number of nitrogens with one attached hydrogen (secondary N) is 1. The summed E-state index contributed by atoms with van der Waals surface area (Å²) in [6, 6.07) is 17.1. The van der Waals surface area contributed by atoms with Gasteiger partial charge in [-0.1, -0.05) is 24.3 Å². The number of imidazole rings is 2. The minimum Gasteiger partial charge on any atom is -0.399 e. The highest BCUT2D eigenvalue weighted by atomic mass is 79.9.